The van der Waals surface area contributed by atoms with Gasteiger partial charge in [-0.05, 0) is 30.5 Å². The summed E-state index contributed by atoms with van der Waals surface area (Å²) in [7, 11) is 1.72. The molecular formula is C10H13O. The molecule has 0 atom stereocenters. The third-order valence-corrected chi connectivity index (χ3v) is 1.77. The van der Waals surface area contributed by atoms with E-state index in [1.165, 1.54) is 11.1 Å². The minimum absolute atomic E-state index is 0.790. The van der Waals surface area contributed by atoms with Gasteiger partial charge in [0, 0.05) is 7.11 Å². The van der Waals surface area contributed by atoms with Crippen molar-refractivity contribution in [2.75, 3.05) is 13.7 Å². The molecule has 0 amide bonds. The molecule has 1 radical (unpaired) electrons. The molecule has 0 aromatic heterocycles. The summed E-state index contributed by atoms with van der Waals surface area (Å²) in [5.41, 5.74) is 2.65. The number of rotatable bonds is 3. The minimum atomic E-state index is 0.790. The van der Waals surface area contributed by atoms with Crippen LogP contribution in [-0.2, 0) is 11.2 Å². The Morgan fingerprint density at radius 3 is 3.00 bits per heavy atom. The first-order valence-electron chi connectivity index (χ1n) is 3.79. The van der Waals surface area contributed by atoms with Gasteiger partial charge in [-0.1, -0.05) is 18.2 Å². The van der Waals surface area contributed by atoms with Gasteiger partial charge in [0.2, 0.25) is 0 Å². The minimum Gasteiger partial charge on any atom is -0.384 e. The fourth-order valence-electron chi connectivity index (χ4n) is 1.02. The van der Waals surface area contributed by atoms with Gasteiger partial charge in [-0.3, -0.25) is 0 Å². The van der Waals surface area contributed by atoms with Gasteiger partial charge in [0.25, 0.3) is 0 Å². The van der Waals surface area contributed by atoms with E-state index in [0.29, 0.717) is 0 Å². The molecule has 0 aliphatic heterocycles. The second-order valence-electron chi connectivity index (χ2n) is 2.60. The number of hydrogen-bond donors (Lipinski definition) is 0. The van der Waals surface area contributed by atoms with Crippen molar-refractivity contribution < 1.29 is 4.74 Å². The lowest BCUT2D eigenvalue weighted by Crippen LogP contribution is -1.96. The number of benzene rings is 1. The van der Waals surface area contributed by atoms with Gasteiger partial charge >= 0.3 is 0 Å². The highest BCUT2D eigenvalue weighted by molar-refractivity contribution is 5.24. The van der Waals surface area contributed by atoms with Crippen molar-refractivity contribution in [3.05, 3.63) is 35.4 Å². The summed E-state index contributed by atoms with van der Waals surface area (Å²) in [6.07, 6.45) is 0.986. The second kappa shape index (κ2) is 4.14. The SMILES string of the molecule is COCCc1c[c]ccc1C. The first kappa shape index (κ1) is 8.28. The van der Waals surface area contributed by atoms with Crippen LogP contribution in [0.15, 0.2) is 18.2 Å². The van der Waals surface area contributed by atoms with Gasteiger partial charge in [0.1, 0.15) is 0 Å². The summed E-state index contributed by atoms with van der Waals surface area (Å²) < 4.78 is 4.99. The van der Waals surface area contributed by atoms with E-state index in [1.54, 1.807) is 7.11 Å². The van der Waals surface area contributed by atoms with Crippen LogP contribution in [0, 0.1) is 13.0 Å². The first-order chi connectivity index (χ1) is 5.34. The molecule has 0 N–H and O–H groups in total. The highest BCUT2D eigenvalue weighted by Gasteiger charge is 1.94. The Morgan fingerprint density at radius 2 is 2.36 bits per heavy atom. The Morgan fingerprint density at radius 1 is 1.55 bits per heavy atom. The Balaban J connectivity index is 2.62. The lowest BCUT2D eigenvalue weighted by Gasteiger charge is -2.02. The van der Waals surface area contributed by atoms with E-state index in [1.807, 2.05) is 12.1 Å². The fourth-order valence-corrected chi connectivity index (χ4v) is 1.02. The molecule has 1 aromatic rings. The van der Waals surface area contributed by atoms with Crippen molar-refractivity contribution in [2.45, 2.75) is 13.3 Å². The molecule has 0 unspecified atom stereocenters. The molecule has 0 bridgehead atoms. The predicted molar refractivity (Wildman–Crippen MR) is 45.6 cm³/mol. The quantitative estimate of drug-likeness (QED) is 0.638. The highest BCUT2D eigenvalue weighted by Crippen LogP contribution is 2.06. The summed E-state index contributed by atoms with van der Waals surface area (Å²) in [5.74, 6) is 0. The first-order valence-corrected chi connectivity index (χ1v) is 3.79. The number of hydrogen-bond acceptors (Lipinski definition) is 1. The molecule has 0 aliphatic carbocycles. The zero-order valence-electron chi connectivity index (χ0n) is 7.05. The molecule has 1 aromatic carbocycles. The molecule has 0 aliphatic rings. The Labute approximate surface area is 68.0 Å². The van der Waals surface area contributed by atoms with Crippen LogP contribution in [0.5, 0.6) is 0 Å². The maximum absolute atomic E-state index is 4.99. The van der Waals surface area contributed by atoms with Crippen LogP contribution < -0.4 is 0 Å². The van der Waals surface area contributed by atoms with Gasteiger partial charge in [0.15, 0.2) is 0 Å². The van der Waals surface area contributed by atoms with E-state index >= 15 is 0 Å². The van der Waals surface area contributed by atoms with Gasteiger partial charge in [-0.2, -0.15) is 0 Å². The second-order valence-corrected chi connectivity index (χ2v) is 2.60. The zero-order chi connectivity index (χ0) is 8.10. The molecule has 0 fully saturated rings. The van der Waals surface area contributed by atoms with E-state index in [4.69, 9.17) is 4.74 Å². The molecule has 0 heterocycles. The van der Waals surface area contributed by atoms with Gasteiger partial charge in [-0.25, -0.2) is 0 Å². The van der Waals surface area contributed by atoms with Crippen LogP contribution in [0.1, 0.15) is 11.1 Å². The predicted octanol–water partition coefficient (Wildman–Crippen LogP) is 1.98. The van der Waals surface area contributed by atoms with E-state index in [0.717, 1.165) is 13.0 Å². The maximum Gasteiger partial charge on any atom is 0.0502 e. The van der Waals surface area contributed by atoms with Crippen molar-refractivity contribution in [3.63, 3.8) is 0 Å². The fraction of sp³-hybridized carbons (Fsp3) is 0.400. The van der Waals surface area contributed by atoms with E-state index in [2.05, 4.69) is 19.1 Å². The number of methoxy groups -OCH3 is 1. The molecular weight excluding hydrogens is 136 g/mol. The maximum atomic E-state index is 4.99. The van der Waals surface area contributed by atoms with Crippen molar-refractivity contribution in [1.82, 2.24) is 0 Å². The normalized spacial score (nSPS) is 10.0. The van der Waals surface area contributed by atoms with Gasteiger partial charge < -0.3 is 4.74 Å². The molecule has 1 nitrogen and oxygen atoms in total. The third-order valence-electron chi connectivity index (χ3n) is 1.77. The summed E-state index contributed by atoms with van der Waals surface area (Å²) in [5, 5.41) is 0. The van der Waals surface area contributed by atoms with Gasteiger partial charge in [0.05, 0.1) is 6.61 Å². The third kappa shape index (κ3) is 2.35. The number of aryl methyl sites for hydroxylation is 1. The van der Waals surface area contributed by atoms with E-state index in [9.17, 15) is 0 Å². The molecule has 1 heteroatoms. The smallest absolute Gasteiger partial charge is 0.0502 e. The molecule has 0 saturated heterocycles. The lowest BCUT2D eigenvalue weighted by atomic mass is 10.1. The van der Waals surface area contributed by atoms with Crippen molar-refractivity contribution >= 4 is 0 Å². The largest absolute Gasteiger partial charge is 0.384 e. The average Bonchev–Trinajstić information content (AvgIpc) is 2.03. The lowest BCUT2D eigenvalue weighted by molar-refractivity contribution is 0.202. The molecule has 59 valence electrons. The summed E-state index contributed by atoms with van der Waals surface area (Å²) in [6.45, 7) is 2.90. The standard InChI is InChI=1S/C10H13O/c1-9-5-3-4-6-10(9)7-8-11-2/h3,5-6H,7-8H2,1-2H3. The Kier molecular flexibility index (Phi) is 3.12. The van der Waals surface area contributed by atoms with Crippen LogP contribution in [-0.4, -0.2) is 13.7 Å². The van der Waals surface area contributed by atoms with Crippen LogP contribution in [0.25, 0.3) is 0 Å². The monoisotopic (exact) mass is 149 g/mol. The zero-order valence-corrected chi connectivity index (χ0v) is 7.05. The Bertz CT molecular complexity index is 218. The van der Waals surface area contributed by atoms with Crippen molar-refractivity contribution in [3.8, 4) is 0 Å². The topological polar surface area (TPSA) is 9.23 Å². The summed E-state index contributed by atoms with van der Waals surface area (Å²) >= 11 is 0. The van der Waals surface area contributed by atoms with Crippen LogP contribution in [0.2, 0.25) is 0 Å². The molecule has 0 spiro atoms. The van der Waals surface area contributed by atoms with Gasteiger partial charge in [-0.15, -0.1) is 0 Å². The van der Waals surface area contributed by atoms with Crippen LogP contribution >= 0.6 is 0 Å². The van der Waals surface area contributed by atoms with E-state index in [-0.39, 0.29) is 0 Å². The number of ether oxygens (including phenoxy) is 1. The highest BCUT2D eigenvalue weighted by atomic mass is 16.5. The summed E-state index contributed by atoms with van der Waals surface area (Å²) in [6, 6.07) is 9.09. The molecule has 0 saturated carbocycles. The average molecular weight is 149 g/mol. The van der Waals surface area contributed by atoms with Crippen molar-refractivity contribution in [1.29, 1.82) is 0 Å². The Hall–Kier alpha value is -0.820. The van der Waals surface area contributed by atoms with E-state index < -0.39 is 0 Å². The molecule has 1 rings (SSSR count). The molecule has 11 heavy (non-hydrogen) atoms. The van der Waals surface area contributed by atoms with Crippen LogP contribution in [0.3, 0.4) is 0 Å². The van der Waals surface area contributed by atoms with Crippen LogP contribution in [0.4, 0.5) is 0 Å². The summed E-state index contributed by atoms with van der Waals surface area (Å²) in [4.78, 5) is 0. The van der Waals surface area contributed by atoms with Crippen molar-refractivity contribution in [2.24, 2.45) is 0 Å².